The number of hydrogen-bond donors (Lipinski definition) is 3. The molecule has 126 valence electrons. The minimum Gasteiger partial charge on any atom is -0.361 e. The van der Waals surface area contributed by atoms with Gasteiger partial charge in [0.25, 0.3) is 0 Å². The molecule has 0 aromatic heterocycles. The lowest BCUT2D eigenvalue weighted by Gasteiger charge is -2.16. The lowest BCUT2D eigenvalue weighted by Crippen LogP contribution is -2.33. The Morgan fingerprint density at radius 3 is 2.92 bits per heavy atom. The van der Waals surface area contributed by atoms with Crippen LogP contribution in [0, 0.1) is 11.2 Å². The Kier molecular flexibility index (Phi) is 4.82. The van der Waals surface area contributed by atoms with E-state index in [1.54, 1.807) is 18.2 Å². The number of amidine groups is 1. The highest BCUT2D eigenvalue weighted by molar-refractivity contribution is 7.96. The van der Waals surface area contributed by atoms with E-state index in [1.807, 2.05) is 6.08 Å². The molecule has 0 radical (unpaired) electrons. The summed E-state index contributed by atoms with van der Waals surface area (Å²) in [4.78, 5) is 3.70. The molecule has 0 saturated carbocycles. The van der Waals surface area contributed by atoms with Crippen molar-refractivity contribution in [3.63, 3.8) is 0 Å². The van der Waals surface area contributed by atoms with Gasteiger partial charge in [-0.1, -0.05) is 18.2 Å². The van der Waals surface area contributed by atoms with E-state index in [-0.39, 0.29) is 23.4 Å². The third kappa shape index (κ3) is 3.27. The van der Waals surface area contributed by atoms with Crippen molar-refractivity contribution < 1.29 is 13.5 Å². The largest absolute Gasteiger partial charge is 0.361 e. The summed E-state index contributed by atoms with van der Waals surface area (Å²) >= 11 is 4.11. The molecule has 3 rings (SSSR count). The van der Waals surface area contributed by atoms with Crippen LogP contribution in [0.4, 0.5) is 8.78 Å². The number of nitrogens with one attached hydrogen (secondary N) is 2. The van der Waals surface area contributed by atoms with E-state index in [2.05, 4.69) is 22.9 Å². The Labute approximate surface area is 144 Å². The molecule has 7 heteroatoms. The fraction of sp³-hybridized carbons (Fsp3) is 0.294. The highest BCUT2D eigenvalue weighted by Crippen LogP contribution is 2.52. The number of ether oxygens (including phenoxy) is 1. The fourth-order valence-electron chi connectivity index (χ4n) is 2.91. The normalized spacial score (nSPS) is 26.5. The van der Waals surface area contributed by atoms with Crippen molar-refractivity contribution in [1.29, 1.82) is 5.41 Å². The molecular weight excluding hydrogens is 332 g/mol. The first-order chi connectivity index (χ1) is 11.6. The third-order valence-electron chi connectivity index (χ3n) is 4.12. The molecule has 1 aromatic carbocycles. The zero-order valence-electron chi connectivity index (χ0n) is 12.8. The van der Waals surface area contributed by atoms with Crippen LogP contribution in [0.25, 0.3) is 0 Å². The van der Waals surface area contributed by atoms with Gasteiger partial charge < -0.3 is 10.1 Å². The summed E-state index contributed by atoms with van der Waals surface area (Å²) in [5.74, 6) is -0.669. The van der Waals surface area contributed by atoms with E-state index in [9.17, 15) is 8.78 Å². The molecule has 24 heavy (non-hydrogen) atoms. The molecule has 0 amide bonds. The Morgan fingerprint density at radius 2 is 2.21 bits per heavy atom. The Hall–Kier alpha value is -1.99. The van der Waals surface area contributed by atoms with Crippen LogP contribution in [0.1, 0.15) is 18.4 Å². The van der Waals surface area contributed by atoms with Crippen molar-refractivity contribution in [1.82, 2.24) is 5.32 Å². The molecule has 0 bridgehead atoms. The van der Waals surface area contributed by atoms with E-state index in [0.29, 0.717) is 17.6 Å². The topological polar surface area (TPSA) is 60.8 Å². The highest BCUT2D eigenvalue weighted by atomic mass is 32.1. The first-order valence-electron chi connectivity index (χ1n) is 7.56. The molecule has 1 aliphatic carbocycles. The maximum Gasteiger partial charge on any atom is 0.159 e. The van der Waals surface area contributed by atoms with E-state index >= 15 is 0 Å². The second-order valence-electron chi connectivity index (χ2n) is 5.62. The van der Waals surface area contributed by atoms with Crippen LogP contribution in [0.5, 0.6) is 0 Å². The zero-order chi connectivity index (χ0) is 17.2. The van der Waals surface area contributed by atoms with Crippen molar-refractivity contribution in [2.75, 3.05) is 6.54 Å². The summed E-state index contributed by atoms with van der Waals surface area (Å²) in [6, 6.07) is 6.09. The van der Waals surface area contributed by atoms with Gasteiger partial charge in [0, 0.05) is 5.57 Å². The van der Waals surface area contributed by atoms with Gasteiger partial charge in [0.05, 0.1) is 6.54 Å². The molecule has 0 unspecified atom stereocenters. The van der Waals surface area contributed by atoms with E-state index in [4.69, 9.17) is 10.1 Å². The number of benzene rings is 1. The minimum atomic E-state index is -0.887. The summed E-state index contributed by atoms with van der Waals surface area (Å²) < 4.78 is 33.7. The molecular formula is C17H17F2N3OS. The van der Waals surface area contributed by atoms with Gasteiger partial charge in [-0.15, -0.1) is 12.6 Å². The van der Waals surface area contributed by atoms with E-state index < -0.39 is 11.7 Å². The van der Waals surface area contributed by atoms with Gasteiger partial charge in [0.15, 0.2) is 5.17 Å². The number of allylic oxidation sites excluding steroid dienone is 2. The average Bonchev–Trinajstić information content (AvgIpc) is 3.29. The van der Waals surface area contributed by atoms with Crippen molar-refractivity contribution in [2.24, 2.45) is 4.99 Å². The molecule has 2 atom stereocenters. The van der Waals surface area contributed by atoms with Gasteiger partial charge >= 0.3 is 0 Å². The van der Waals surface area contributed by atoms with Crippen LogP contribution in [0.15, 0.2) is 52.8 Å². The summed E-state index contributed by atoms with van der Waals surface area (Å²) in [7, 11) is 0. The lowest BCUT2D eigenvalue weighted by atomic mass is 9.89. The Balaban J connectivity index is 1.89. The quantitative estimate of drug-likeness (QED) is 0.330. The summed E-state index contributed by atoms with van der Waals surface area (Å²) in [6.07, 6.45) is 5.16. The predicted octanol–water partition coefficient (Wildman–Crippen LogP) is 3.48. The van der Waals surface area contributed by atoms with Gasteiger partial charge in [-0.2, -0.15) is 0 Å². The molecule has 4 nitrogen and oxygen atoms in total. The van der Waals surface area contributed by atoms with E-state index in [0.717, 1.165) is 12.8 Å². The van der Waals surface area contributed by atoms with Gasteiger partial charge in [-0.25, -0.2) is 13.8 Å². The fourth-order valence-corrected chi connectivity index (χ4v) is 3.05. The summed E-state index contributed by atoms with van der Waals surface area (Å²) in [5.41, 5.74) is 0.231. The van der Waals surface area contributed by atoms with Crippen molar-refractivity contribution >= 4 is 24.1 Å². The van der Waals surface area contributed by atoms with Gasteiger partial charge in [0.2, 0.25) is 0 Å². The van der Waals surface area contributed by atoms with Crippen molar-refractivity contribution in [3.8, 4) is 0 Å². The molecule has 1 saturated heterocycles. The summed E-state index contributed by atoms with van der Waals surface area (Å²) in [5, 5.41) is 10.1. The smallest absolute Gasteiger partial charge is 0.159 e. The second-order valence-corrected chi connectivity index (χ2v) is 6.05. The predicted molar refractivity (Wildman–Crippen MR) is 92.7 cm³/mol. The number of halogens is 2. The molecule has 1 fully saturated rings. The molecule has 1 heterocycles. The number of nitrogens with zero attached hydrogens (tertiary/aromatic N) is 1. The SMILES string of the molecule is N=C/N=C(/S)NC[C@]1(c2cccc(F)c2)O[C@@H]1C1=CCCC=C1F. The molecule has 1 aromatic rings. The average molecular weight is 349 g/mol. The molecule has 1 aliphatic heterocycles. The van der Waals surface area contributed by atoms with Crippen LogP contribution in [0.3, 0.4) is 0 Å². The van der Waals surface area contributed by atoms with Gasteiger partial charge in [-0.05, 0) is 36.6 Å². The number of aliphatic imine (C=N–C) groups is 1. The zero-order valence-corrected chi connectivity index (χ0v) is 13.7. The third-order valence-corrected chi connectivity index (χ3v) is 4.39. The standard InChI is InChI=1S/C17H17F2N3OS/c18-12-5-3-4-11(8-12)17(9-21-16(24)22-10-20)15(23-17)13-6-1-2-7-14(13)19/h3-8,10,15H,1-2,9H2,(H3,20,21,22,24)/t15-,17-/m1/s1. The maximum absolute atomic E-state index is 14.1. The highest BCUT2D eigenvalue weighted by Gasteiger charge is 2.60. The number of hydrogen-bond acceptors (Lipinski definition) is 2. The Bertz CT molecular complexity index is 747. The first-order valence-corrected chi connectivity index (χ1v) is 8.01. The van der Waals surface area contributed by atoms with Crippen LogP contribution < -0.4 is 5.32 Å². The first kappa shape index (κ1) is 16.9. The summed E-state index contributed by atoms with van der Waals surface area (Å²) in [6.45, 7) is 0.238. The van der Waals surface area contributed by atoms with Crippen LogP contribution >= 0.6 is 12.6 Å². The van der Waals surface area contributed by atoms with Crippen LogP contribution in [-0.4, -0.2) is 24.2 Å². The van der Waals surface area contributed by atoms with Gasteiger partial charge in [0.1, 0.15) is 29.7 Å². The lowest BCUT2D eigenvalue weighted by molar-refractivity contribution is 0.299. The number of epoxide rings is 1. The van der Waals surface area contributed by atoms with Crippen LogP contribution in [-0.2, 0) is 10.3 Å². The second kappa shape index (κ2) is 6.86. The number of thiol groups is 1. The minimum absolute atomic E-state index is 0.238. The molecule has 0 spiro atoms. The van der Waals surface area contributed by atoms with Crippen LogP contribution in [0.2, 0.25) is 0 Å². The number of rotatable bonds is 5. The maximum atomic E-state index is 14.1. The van der Waals surface area contributed by atoms with Crippen molar-refractivity contribution in [2.45, 2.75) is 24.5 Å². The Morgan fingerprint density at radius 1 is 1.42 bits per heavy atom. The molecule has 2 aliphatic rings. The van der Waals surface area contributed by atoms with E-state index in [1.165, 1.54) is 12.1 Å². The van der Waals surface area contributed by atoms with Crippen molar-refractivity contribution in [3.05, 3.63) is 59.2 Å². The monoisotopic (exact) mass is 349 g/mol. The molecule has 2 N–H and O–H groups in total. The van der Waals surface area contributed by atoms with Gasteiger partial charge in [-0.3, -0.25) is 5.41 Å².